The summed E-state index contributed by atoms with van der Waals surface area (Å²) in [6.45, 7) is 10.0. The molecule has 3 fully saturated rings. The topological polar surface area (TPSA) is 106 Å². The van der Waals surface area contributed by atoms with Gasteiger partial charge in [0, 0.05) is 74.4 Å². The molecule has 0 spiro atoms. The van der Waals surface area contributed by atoms with E-state index < -0.39 is 0 Å². The zero-order valence-corrected chi connectivity index (χ0v) is 29.9. The molecule has 0 radical (unpaired) electrons. The summed E-state index contributed by atoms with van der Waals surface area (Å²) in [5, 5.41) is 4.54. The predicted molar refractivity (Wildman–Crippen MR) is 190 cm³/mol. The van der Waals surface area contributed by atoms with E-state index in [1.54, 1.807) is 7.11 Å². The molecule has 3 aromatic heterocycles. The molecule has 6 rings (SSSR count). The van der Waals surface area contributed by atoms with E-state index in [1.165, 1.54) is 5.56 Å². The molecular weight excluding hydrogens is 618 g/mol. The van der Waals surface area contributed by atoms with Crippen LogP contribution in [0, 0.1) is 18.8 Å². The molecule has 0 bridgehead atoms. The van der Waals surface area contributed by atoms with Crippen molar-refractivity contribution < 1.29 is 19.1 Å². The predicted octanol–water partition coefficient (Wildman–Crippen LogP) is 6.49. The van der Waals surface area contributed by atoms with Gasteiger partial charge < -0.3 is 19.3 Å². The maximum atomic E-state index is 14.4. The van der Waals surface area contributed by atoms with Crippen molar-refractivity contribution in [1.29, 1.82) is 0 Å². The van der Waals surface area contributed by atoms with Crippen LogP contribution in [0.2, 0.25) is 0 Å². The van der Waals surface area contributed by atoms with E-state index in [2.05, 4.69) is 48.1 Å². The van der Waals surface area contributed by atoms with Gasteiger partial charge in [0.05, 0.1) is 13.3 Å². The molecule has 1 saturated heterocycles. The molecule has 0 aromatic carbocycles. The summed E-state index contributed by atoms with van der Waals surface area (Å²) in [6.07, 6.45) is 14.3. The van der Waals surface area contributed by atoms with Crippen molar-refractivity contribution in [3.8, 4) is 17.0 Å². The first-order chi connectivity index (χ1) is 23.7. The van der Waals surface area contributed by atoms with Crippen LogP contribution in [0.3, 0.4) is 0 Å². The van der Waals surface area contributed by atoms with Gasteiger partial charge in [-0.3, -0.25) is 14.4 Å². The fourth-order valence-electron chi connectivity index (χ4n) is 7.62. The second-order valence-electron chi connectivity index (χ2n) is 14.6. The van der Waals surface area contributed by atoms with Gasteiger partial charge in [0.2, 0.25) is 11.8 Å². The Kier molecular flexibility index (Phi) is 11.2. The number of pyridine rings is 2. The lowest BCUT2D eigenvalue weighted by atomic mass is 9.78. The Morgan fingerprint density at radius 2 is 1.67 bits per heavy atom. The smallest absolute Gasteiger partial charge is 0.410 e. The number of amides is 2. The number of nitrogens with zero attached hydrogens (tertiary/aromatic N) is 7. The van der Waals surface area contributed by atoms with Gasteiger partial charge in [-0.15, -0.1) is 0 Å². The maximum Gasteiger partial charge on any atom is 0.410 e. The van der Waals surface area contributed by atoms with Crippen molar-refractivity contribution in [1.82, 2.24) is 29.5 Å². The summed E-state index contributed by atoms with van der Waals surface area (Å²) in [5.74, 6) is 2.21. The van der Waals surface area contributed by atoms with Gasteiger partial charge in [0.25, 0.3) is 0 Å². The van der Waals surface area contributed by atoms with E-state index in [1.807, 2.05) is 52.1 Å². The number of aromatic nitrogens is 4. The molecule has 264 valence electrons. The first-order valence-electron chi connectivity index (χ1n) is 18.1. The lowest BCUT2D eigenvalue weighted by Crippen LogP contribution is -2.48. The molecule has 2 amide bonds. The van der Waals surface area contributed by atoms with Crippen molar-refractivity contribution in [2.75, 3.05) is 51.8 Å². The Balaban J connectivity index is 1.14. The lowest BCUT2D eigenvalue weighted by molar-refractivity contribution is -0.124. The third-order valence-electron chi connectivity index (χ3n) is 10.8. The zero-order chi connectivity index (χ0) is 34.5. The standard InChI is InChI=1S/C38H53N7O4/c1-26(2)45-25-33(23-41-45)31-14-15-39-35(21-31)44(24-28-6-8-29(9-7-28)32-20-27(3)36(48-5)40-22-32)37(46)30-10-12-34(13-11-30)49-38(47)43-18-16-42(4)17-19-43/h14-15,20-23,25-26,28-30,34H,6-13,16-19,24H2,1-5H3/t28-,29-,30-,34-. The summed E-state index contributed by atoms with van der Waals surface area (Å²) in [6, 6.07) is 6.50. The van der Waals surface area contributed by atoms with Crippen molar-refractivity contribution in [2.24, 2.45) is 11.8 Å². The van der Waals surface area contributed by atoms with Crippen LogP contribution in [0.5, 0.6) is 5.88 Å². The fraction of sp³-hybridized carbons (Fsp3) is 0.605. The van der Waals surface area contributed by atoms with Gasteiger partial charge >= 0.3 is 6.09 Å². The van der Waals surface area contributed by atoms with Gasteiger partial charge in [-0.1, -0.05) is 0 Å². The number of hydrogen-bond donors (Lipinski definition) is 0. The summed E-state index contributed by atoms with van der Waals surface area (Å²) in [4.78, 5) is 42.6. The number of carbonyl (C=O) groups excluding carboxylic acids is 2. The Labute approximate surface area is 291 Å². The lowest BCUT2D eigenvalue weighted by Gasteiger charge is -2.36. The van der Waals surface area contributed by atoms with E-state index in [4.69, 9.17) is 14.5 Å². The summed E-state index contributed by atoms with van der Waals surface area (Å²) in [7, 11) is 3.73. The van der Waals surface area contributed by atoms with Gasteiger partial charge in [-0.2, -0.15) is 5.10 Å². The number of piperazine rings is 1. The Morgan fingerprint density at radius 3 is 2.33 bits per heavy atom. The van der Waals surface area contributed by atoms with Gasteiger partial charge in [-0.25, -0.2) is 14.8 Å². The zero-order valence-electron chi connectivity index (χ0n) is 29.9. The van der Waals surface area contributed by atoms with Gasteiger partial charge in [-0.05, 0) is 120 Å². The fourth-order valence-corrected chi connectivity index (χ4v) is 7.62. The number of methoxy groups -OCH3 is 1. The summed E-state index contributed by atoms with van der Waals surface area (Å²) in [5.41, 5.74) is 4.34. The Morgan fingerprint density at radius 1 is 0.939 bits per heavy atom. The van der Waals surface area contributed by atoms with Crippen molar-refractivity contribution >= 4 is 17.8 Å². The number of carbonyl (C=O) groups is 2. The normalized spacial score (nSPS) is 23.3. The molecule has 11 heteroatoms. The summed E-state index contributed by atoms with van der Waals surface area (Å²) < 4.78 is 13.3. The van der Waals surface area contributed by atoms with E-state index in [0.29, 0.717) is 68.9 Å². The number of ether oxygens (including phenoxy) is 2. The highest BCUT2D eigenvalue weighted by atomic mass is 16.6. The minimum absolute atomic E-state index is 0.127. The number of likely N-dealkylation sites (N-methyl/N-ethyl adjacent to an activating group) is 1. The number of anilines is 1. The van der Waals surface area contributed by atoms with Crippen LogP contribution >= 0.6 is 0 Å². The van der Waals surface area contributed by atoms with Crippen LogP contribution in [0.1, 0.15) is 88.3 Å². The third kappa shape index (κ3) is 8.43. The average Bonchev–Trinajstić information content (AvgIpc) is 3.63. The average molecular weight is 672 g/mol. The maximum absolute atomic E-state index is 14.4. The van der Waals surface area contributed by atoms with Crippen LogP contribution in [-0.2, 0) is 9.53 Å². The van der Waals surface area contributed by atoms with Crippen LogP contribution in [0.25, 0.3) is 11.1 Å². The number of aryl methyl sites for hydroxylation is 1. The van der Waals surface area contributed by atoms with Gasteiger partial charge in [0.1, 0.15) is 11.9 Å². The second kappa shape index (κ2) is 15.7. The molecule has 0 atom stereocenters. The number of hydrogen-bond acceptors (Lipinski definition) is 8. The highest BCUT2D eigenvalue weighted by Crippen LogP contribution is 2.38. The molecule has 0 unspecified atom stereocenters. The van der Waals surface area contributed by atoms with Gasteiger partial charge in [0.15, 0.2) is 0 Å². The van der Waals surface area contributed by atoms with Crippen LogP contribution in [-0.4, -0.2) is 94.5 Å². The van der Waals surface area contributed by atoms with Crippen LogP contribution in [0.15, 0.2) is 43.0 Å². The third-order valence-corrected chi connectivity index (χ3v) is 10.8. The molecular formula is C38H53N7O4. The van der Waals surface area contributed by atoms with E-state index in [-0.39, 0.29) is 30.1 Å². The van der Waals surface area contributed by atoms with Crippen LogP contribution < -0.4 is 9.64 Å². The van der Waals surface area contributed by atoms with Crippen molar-refractivity contribution in [2.45, 2.75) is 90.2 Å². The molecule has 2 aliphatic carbocycles. The Hall–Kier alpha value is -3.99. The monoisotopic (exact) mass is 671 g/mol. The Bertz CT molecular complexity index is 1570. The molecule has 4 heterocycles. The van der Waals surface area contributed by atoms with E-state index in [0.717, 1.165) is 55.5 Å². The molecule has 11 nitrogen and oxygen atoms in total. The molecule has 0 N–H and O–H groups in total. The first-order valence-corrected chi connectivity index (χ1v) is 18.1. The first kappa shape index (κ1) is 34.9. The van der Waals surface area contributed by atoms with E-state index in [9.17, 15) is 9.59 Å². The SMILES string of the molecule is COc1ncc([C@H]2CC[C@H](CN(c3cc(-c4cnn(C(C)C)c4)ccn3)C(=O)[C@H]3CC[C@H](OC(=O)N4CCN(C)CC4)CC3)CC2)cc1C. The second-order valence-corrected chi connectivity index (χ2v) is 14.6. The molecule has 3 aromatic rings. The highest BCUT2D eigenvalue weighted by molar-refractivity contribution is 5.94. The summed E-state index contributed by atoms with van der Waals surface area (Å²) >= 11 is 0. The molecule has 49 heavy (non-hydrogen) atoms. The molecule has 2 saturated carbocycles. The van der Waals surface area contributed by atoms with Crippen molar-refractivity contribution in [3.63, 3.8) is 0 Å². The molecule has 3 aliphatic rings. The van der Waals surface area contributed by atoms with Crippen LogP contribution in [0.4, 0.5) is 10.6 Å². The quantitative estimate of drug-likeness (QED) is 0.254. The minimum atomic E-state index is -0.220. The number of rotatable bonds is 9. The van der Waals surface area contributed by atoms with E-state index >= 15 is 0 Å². The molecule has 1 aliphatic heterocycles. The highest BCUT2D eigenvalue weighted by Gasteiger charge is 2.35. The largest absolute Gasteiger partial charge is 0.481 e. The minimum Gasteiger partial charge on any atom is -0.481 e. The van der Waals surface area contributed by atoms with Crippen molar-refractivity contribution in [3.05, 3.63) is 54.1 Å².